The van der Waals surface area contributed by atoms with Crippen molar-refractivity contribution < 1.29 is 50.6 Å². The van der Waals surface area contributed by atoms with Crippen LogP contribution in [0.4, 0.5) is 22.0 Å². The summed E-state index contributed by atoms with van der Waals surface area (Å²) in [7, 11) is 1.39. The number of hydrogen-bond donors (Lipinski definition) is 3. The number of rotatable bonds is 16. The van der Waals surface area contributed by atoms with Gasteiger partial charge in [-0.3, -0.25) is 19.2 Å². The van der Waals surface area contributed by atoms with E-state index in [9.17, 15) is 41.1 Å². The molecule has 16 heteroatoms. The number of Topliss-reactive ketones (excluding diaryl/α,β-unsaturated/α-hetero) is 1. The standard InChI is InChI=1S/C38H38Cl2F5N3O6/c1-5-6-7-9-23-17-27(40)20-29(18-23)54-30(19-24-10-8-11-26(39)16-24)34(50)48-32(25-12-14-28(53-4)15-13-25)35(51)47-31(22(2)3)33(49)38(44,45)36(52)46-21-37(41,42)43/h8,10-18,20,22,30-32H,5-6,19,21H2,1-4H3,(H,46,52)(H,47,51)(H,48,50)/t30?,31-,32-/m0/s1. The number of ketones is 1. The molecule has 0 saturated carbocycles. The van der Waals surface area contributed by atoms with Crippen LogP contribution in [-0.2, 0) is 25.6 Å². The van der Waals surface area contributed by atoms with E-state index >= 15 is 0 Å². The molecule has 1 unspecified atom stereocenters. The Morgan fingerprint density at radius 1 is 0.852 bits per heavy atom. The minimum absolute atomic E-state index is 0.0843. The maximum Gasteiger partial charge on any atom is 0.405 e. The minimum atomic E-state index is -5.03. The Bertz CT molecular complexity index is 1860. The molecule has 0 radical (unpaired) electrons. The zero-order chi connectivity index (χ0) is 40.2. The molecular weight excluding hydrogens is 760 g/mol. The molecule has 0 spiro atoms. The van der Waals surface area contributed by atoms with Crippen LogP contribution in [0.3, 0.4) is 0 Å². The lowest BCUT2D eigenvalue weighted by molar-refractivity contribution is -0.165. The third kappa shape index (κ3) is 12.9. The molecule has 0 aliphatic carbocycles. The van der Waals surface area contributed by atoms with E-state index in [0.29, 0.717) is 28.3 Å². The maximum absolute atomic E-state index is 14.9. The molecule has 0 aliphatic rings. The molecule has 3 N–H and O–H groups in total. The lowest BCUT2D eigenvalue weighted by atomic mass is 9.94. The number of ether oxygens (including phenoxy) is 2. The Balaban J connectivity index is 2.01. The summed E-state index contributed by atoms with van der Waals surface area (Å²) >= 11 is 12.5. The van der Waals surface area contributed by atoms with Crippen LogP contribution in [0.5, 0.6) is 11.5 Å². The van der Waals surface area contributed by atoms with Crippen molar-refractivity contribution in [3.05, 3.63) is 93.5 Å². The molecule has 0 aliphatic heterocycles. The van der Waals surface area contributed by atoms with Crippen molar-refractivity contribution in [1.29, 1.82) is 0 Å². The van der Waals surface area contributed by atoms with Crippen LogP contribution in [0.15, 0.2) is 66.7 Å². The number of benzene rings is 3. The van der Waals surface area contributed by atoms with E-state index in [0.717, 1.165) is 11.7 Å². The fourth-order valence-corrected chi connectivity index (χ4v) is 5.36. The smallest absolute Gasteiger partial charge is 0.405 e. The Hall–Kier alpha value is -4.87. The highest BCUT2D eigenvalue weighted by atomic mass is 35.5. The maximum atomic E-state index is 14.9. The van der Waals surface area contributed by atoms with Crippen molar-refractivity contribution in [3.63, 3.8) is 0 Å². The summed E-state index contributed by atoms with van der Waals surface area (Å²) in [5.74, 6) is -6.23. The zero-order valence-corrected chi connectivity index (χ0v) is 31.1. The SMILES string of the molecule is CCCC#Cc1cc(Cl)cc(OC(Cc2cccc(Cl)c2)C(=O)N[C@H](C(=O)N[C@H](C(=O)C(F)(F)C(=O)NCC(F)(F)F)C(C)C)c2ccc(OC)cc2)c1. The molecule has 3 aromatic carbocycles. The minimum Gasteiger partial charge on any atom is -0.497 e. The molecule has 0 fully saturated rings. The van der Waals surface area contributed by atoms with Gasteiger partial charge >= 0.3 is 12.1 Å². The van der Waals surface area contributed by atoms with Crippen LogP contribution in [0.25, 0.3) is 0 Å². The summed E-state index contributed by atoms with van der Waals surface area (Å²) in [6.07, 6.45) is -5.02. The molecule has 3 rings (SSSR count). The molecule has 9 nitrogen and oxygen atoms in total. The number of amides is 3. The first-order chi connectivity index (χ1) is 25.3. The summed E-state index contributed by atoms with van der Waals surface area (Å²) in [5, 5.41) is 6.35. The van der Waals surface area contributed by atoms with Crippen LogP contribution in [0.1, 0.15) is 56.3 Å². The Morgan fingerprint density at radius 2 is 1.54 bits per heavy atom. The predicted octanol–water partition coefficient (Wildman–Crippen LogP) is 7.02. The first kappa shape index (κ1) is 43.5. The molecule has 0 aromatic heterocycles. The molecule has 54 heavy (non-hydrogen) atoms. The summed E-state index contributed by atoms with van der Waals surface area (Å²) in [6, 6.07) is 13.2. The van der Waals surface area contributed by atoms with Crippen LogP contribution in [-0.4, -0.2) is 61.4 Å². The van der Waals surface area contributed by atoms with E-state index in [2.05, 4.69) is 22.5 Å². The third-order valence-electron chi connectivity index (χ3n) is 7.65. The summed E-state index contributed by atoms with van der Waals surface area (Å²) in [4.78, 5) is 53.0. The van der Waals surface area contributed by atoms with E-state index in [-0.39, 0.29) is 22.8 Å². The Morgan fingerprint density at radius 3 is 2.13 bits per heavy atom. The summed E-state index contributed by atoms with van der Waals surface area (Å²) in [5.41, 5.74) is 1.19. The van der Waals surface area contributed by atoms with Crippen LogP contribution < -0.4 is 25.4 Å². The lowest BCUT2D eigenvalue weighted by Crippen LogP contribution is -2.58. The second-order valence-corrected chi connectivity index (χ2v) is 13.2. The van der Waals surface area contributed by atoms with Crippen molar-refractivity contribution in [2.75, 3.05) is 13.7 Å². The van der Waals surface area contributed by atoms with E-state index < -0.39 is 66.3 Å². The monoisotopic (exact) mass is 797 g/mol. The van der Waals surface area contributed by atoms with Gasteiger partial charge in [-0.25, -0.2) is 0 Å². The summed E-state index contributed by atoms with van der Waals surface area (Å²) in [6.45, 7) is 2.40. The van der Waals surface area contributed by atoms with Gasteiger partial charge in [0, 0.05) is 28.5 Å². The number of alkyl halides is 5. The highest BCUT2D eigenvalue weighted by molar-refractivity contribution is 6.31. The Kier molecular flexibility index (Phi) is 15.7. The third-order valence-corrected chi connectivity index (χ3v) is 8.10. The van der Waals surface area contributed by atoms with Gasteiger partial charge in [-0.15, -0.1) is 0 Å². The molecule has 0 saturated heterocycles. The zero-order valence-electron chi connectivity index (χ0n) is 29.6. The van der Waals surface area contributed by atoms with E-state index in [1.54, 1.807) is 36.4 Å². The van der Waals surface area contributed by atoms with Crippen molar-refractivity contribution in [1.82, 2.24) is 16.0 Å². The predicted molar refractivity (Wildman–Crippen MR) is 192 cm³/mol. The molecular formula is C38H38Cl2F5N3O6. The normalized spacial score (nSPS) is 13.1. The quantitative estimate of drug-likeness (QED) is 0.0814. The van der Waals surface area contributed by atoms with Crippen molar-refractivity contribution in [2.45, 2.75) is 70.3 Å². The number of hydrogen-bond acceptors (Lipinski definition) is 6. The van der Waals surface area contributed by atoms with E-state index in [1.807, 2.05) is 6.92 Å². The van der Waals surface area contributed by atoms with Gasteiger partial charge in [-0.1, -0.05) is 80.1 Å². The molecule has 3 aromatic rings. The fourth-order valence-electron chi connectivity index (χ4n) is 4.92. The average molecular weight is 799 g/mol. The van der Waals surface area contributed by atoms with Gasteiger partial charge in [-0.05, 0) is 65.9 Å². The van der Waals surface area contributed by atoms with E-state index in [1.165, 1.54) is 51.3 Å². The number of unbranched alkanes of at least 4 members (excludes halogenated alkanes) is 1. The van der Waals surface area contributed by atoms with Gasteiger partial charge in [-0.2, -0.15) is 22.0 Å². The second kappa shape index (κ2) is 19.5. The lowest BCUT2D eigenvalue weighted by Gasteiger charge is -2.28. The molecule has 0 bridgehead atoms. The molecule has 3 atom stereocenters. The molecule has 290 valence electrons. The van der Waals surface area contributed by atoms with Gasteiger partial charge in [0.15, 0.2) is 6.10 Å². The highest BCUT2D eigenvalue weighted by Gasteiger charge is 2.52. The molecule has 0 heterocycles. The summed E-state index contributed by atoms with van der Waals surface area (Å²) < 4.78 is 79.0. The van der Waals surface area contributed by atoms with Gasteiger partial charge in [0.25, 0.3) is 11.8 Å². The largest absolute Gasteiger partial charge is 0.497 e. The number of carbonyl (C=O) groups is 4. The molecule has 3 amide bonds. The highest BCUT2D eigenvalue weighted by Crippen LogP contribution is 2.26. The van der Waals surface area contributed by atoms with E-state index in [4.69, 9.17) is 32.7 Å². The Labute approximate surface area is 319 Å². The first-order valence-corrected chi connectivity index (χ1v) is 17.3. The van der Waals surface area contributed by atoms with Crippen molar-refractivity contribution >= 4 is 46.7 Å². The topological polar surface area (TPSA) is 123 Å². The number of halogens is 7. The van der Waals surface area contributed by atoms with Gasteiger partial charge in [0.05, 0.1) is 13.2 Å². The number of methoxy groups -OCH3 is 1. The van der Waals surface area contributed by atoms with Crippen LogP contribution in [0, 0.1) is 17.8 Å². The van der Waals surface area contributed by atoms with Crippen molar-refractivity contribution in [3.8, 4) is 23.3 Å². The first-order valence-electron chi connectivity index (χ1n) is 16.6. The second-order valence-electron chi connectivity index (χ2n) is 12.3. The van der Waals surface area contributed by atoms with Crippen LogP contribution >= 0.6 is 23.2 Å². The number of carbonyl (C=O) groups excluding carboxylic acids is 4. The number of nitrogens with one attached hydrogen (secondary N) is 3. The van der Waals surface area contributed by atoms with Crippen LogP contribution in [0.2, 0.25) is 10.0 Å². The van der Waals surface area contributed by atoms with Gasteiger partial charge in [0.2, 0.25) is 11.7 Å². The van der Waals surface area contributed by atoms with Gasteiger partial charge < -0.3 is 25.4 Å². The van der Waals surface area contributed by atoms with Gasteiger partial charge in [0.1, 0.15) is 24.1 Å². The fraction of sp³-hybridized carbons (Fsp3) is 0.368. The van der Waals surface area contributed by atoms with Crippen molar-refractivity contribution in [2.24, 2.45) is 5.92 Å². The average Bonchev–Trinajstić information content (AvgIpc) is 3.10.